The third-order valence-electron chi connectivity index (χ3n) is 4.10. The zero-order valence-corrected chi connectivity index (χ0v) is 11.3. The van der Waals surface area contributed by atoms with Crippen molar-refractivity contribution < 1.29 is 4.74 Å². The van der Waals surface area contributed by atoms with E-state index in [4.69, 9.17) is 4.74 Å². The molecule has 2 nitrogen and oxygen atoms in total. The molecular weight excluding hydrogens is 246 g/mol. The van der Waals surface area contributed by atoms with Gasteiger partial charge in [0.25, 0.3) is 0 Å². The predicted octanol–water partition coefficient (Wildman–Crippen LogP) is 3.65. The molecule has 0 bridgehead atoms. The van der Waals surface area contributed by atoms with Gasteiger partial charge in [0.2, 0.25) is 0 Å². The second-order valence-electron chi connectivity index (χ2n) is 5.31. The summed E-state index contributed by atoms with van der Waals surface area (Å²) in [5, 5.41) is 8.84. The SMILES string of the molecule is c1ccc2c(c1)cc([C@@H]1COCCN1)c1ccccc12. The Labute approximate surface area is 118 Å². The Morgan fingerprint density at radius 2 is 1.65 bits per heavy atom. The molecule has 0 saturated carbocycles. The van der Waals surface area contributed by atoms with Crippen molar-refractivity contribution in [1.82, 2.24) is 5.32 Å². The van der Waals surface area contributed by atoms with Gasteiger partial charge in [-0.1, -0.05) is 48.5 Å². The topological polar surface area (TPSA) is 21.3 Å². The van der Waals surface area contributed by atoms with Crippen molar-refractivity contribution in [2.24, 2.45) is 0 Å². The third kappa shape index (κ3) is 1.89. The van der Waals surface area contributed by atoms with Crippen LogP contribution in [0.3, 0.4) is 0 Å². The molecule has 100 valence electrons. The van der Waals surface area contributed by atoms with E-state index in [1.165, 1.54) is 27.1 Å². The molecule has 1 saturated heterocycles. The van der Waals surface area contributed by atoms with Crippen LogP contribution in [0.25, 0.3) is 21.5 Å². The van der Waals surface area contributed by atoms with Crippen molar-refractivity contribution in [2.75, 3.05) is 19.8 Å². The van der Waals surface area contributed by atoms with Gasteiger partial charge in [0.05, 0.1) is 19.3 Å². The van der Waals surface area contributed by atoms with E-state index in [1.807, 2.05) is 0 Å². The molecule has 20 heavy (non-hydrogen) atoms. The predicted molar refractivity (Wildman–Crippen MR) is 83.0 cm³/mol. The second kappa shape index (κ2) is 4.89. The minimum atomic E-state index is 0.290. The molecule has 1 heterocycles. The highest BCUT2D eigenvalue weighted by Crippen LogP contribution is 2.32. The lowest BCUT2D eigenvalue weighted by molar-refractivity contribution is 0.0773. The minimum absolute atomic E-state index is 0.290. The van der Waals surface area contributed by atoms with Gasteiger partial charge in [-0.2, -0.15) is 0 Å². The van der Waals surface area contributed by atoms with Gasteiger partial charge in [-0.25, -0.2) is 0 Å². The number of hydrogen-bond acceptors (Lipinski definition) is 2. The number of hydrogen-bond donors (Lipinski definition) is 1. The van der Waals surface area contributed by atoms with Crippen molar-refractivity contribution in [3.63, 3.8) is 0 Å². The first-order valence-corrected chi connectivity index (χ1v) is 7.15. The molecule has 1 aliphatic heterocycles. The van der Waals surface area contributed by atoms with Gasteiger partial charge >= 0.3 is 0 Å². The van der Waals surface area contributed by atoms with Crippen LogP contribution in [-0.2, 0) is 4.74 Å². The molecule has 1 fully saturated rings. The monoisotopic (exact) mass is 263 g/mol. The maximum Gasteiger partial charge on any atom is 0.0662 e. The summed E-state index contributed by atoms with van der Waals surface area (Å²) in [4.78, 5) is 0. The molecular formula is C18H17NO. The summed E-state index contributed by atoms with van der Waals surface area (Å²) in [6, 6.07) is 19.9. The minimum Gasteiger partial charge on any atom is -0.378 e. The maximum absolute atomic E-state index is 5.63. The van der Waals surface area contributed by atoms with Crippen LogP contribution in [0.1, 0.15) is 11.6 Å². The lowest BCUT2D eigenvalue weighted by Gasteiger charge is -2.26. The highest BCUT2D eigenvalue weighted by molar-refractivity contribution is 6.09. The summed E-state index contributed by atoms with van der Waals surface area (Å²) in [5.74, 6) is 0. The van der Waals surface area contributed by atoms with Gasteiger partial charge in [0.1, 0.15) is 0 Å². The average Bonchev–Trinajstić information content (AvgIpc) is 2.55. The van der Waals surface area contributed by atoms with Crippen LogP contribution in [0.2, 0.25) is 0 Å². The van der Waals surface area contributed by atoms with Crippen LogP contribution >= 0.6 is 0 Å². The van der Waals surface area contributed by atoms with Crippen LogP contribution in [0.5, 0.6) is 0 Å². The van der Waals surface area contributed by atoms with Crippen LogP contribution in [0.4, 0.5) is 0 Å². The Kier molecular flexibility index (Phi) is 2.91. The van der Waals surface area contributed by atoms with Crippen LogP contribution in [0.15, 0.2) is 54.6 Å². The van der Waals surface area contributed by atoms with E-state index in [2.05, 4.69) is 59.9 Å². The summed E-state index contributed by atoms with van der Waals surface area (Å²) in [6.45, 7) is 2.48. The van der Waals surface area contributed by atoms with Gasteiger partial charge in [-0.05, 0) is 33.2 Å². The Bertz CT molecular complexity index is 760. The standard InChI is InChI=1S/C18H17NO/c1-2-6-14-13(5-1)11-17(18-12-20-10-9-19-18)16-8-4-3-7-15(14)16/h1-8,11,18-19H,9-10,12H2/t18-/m0/s1. The van der Waals surface area contributed by atoms with Gasteiger partial charge in [-0.15, -0.1) is 0 Å². The molecule has 1 aliphatic rings. The van der Waals surface area contributed by atoms with Crippen molar-refractivity contribution in [3.8, 4) is 0 Å². The number of ether oxygens (including phenoxy) is 1. The first-order chi connectivity index (χ1) is 9.93. The summed E-state index contributed by atoms with van der Waals surface area (Å²) in [6.07, 6.45) is 0. The lowest BCUT2D eigenvalue weighted by atomic mass is 9.93. The van der Waals surface area contributed by atoms with Crippen molar-refractivity contribution in [1.29, 1.82) is 0 Å². The smallest absolute Gasteiger partial charge is 0.0662 e. The van der Waals surface area contributed by atoms with Crippen molar-refractivity contribution in [2.45, 2.75) is 6.04 Å². The lowest BCUT2D eigenvalue weighted by Crippen LogP contribution is -2.34. The highest BCUT2D eigenvalue weighted by atomic mass is 16.5. The Balaban J connectivity index is 2.02. The van der Waals surface area contributed by atoms with Crippen molar-refractivity contribution >= 4 is 21.5 Å². The summed E-state index contributed by atoms with van der Waals surface area (Å²) in [5.41, 5.74) is 1.35. The van der Waals surface area contributed by atoms with Crippen molar-refractivity contribution in [3.05, 3.63) is 60.2 Å². The molecule has 0 aromatic heterocycles. The van der Waals surface area contributed by atoms with E-state index >= 15 is 0 Å². The fourth-order valence-electron chi connectivity index (χ4n) is 3.14. The normalized spacial score (nSPS) is 19.5. The van der Waals surface area contributed by atoms with Gasteiger partial charge in [-0.3, -0.25) is 0 Å². The summed E-state index contributed by atoms with van der Waals surface area (Å²) >= 11 is 0. The Morgan fingerprint density at radius 1 is 0.900 bits per heavy atom. The largest absolute Gasteiger partial charge is 0.378 e. The first kappa shape index (κ1) is 11.9. The van der Waals surface area contributed by atoms with E-state index in [0.717, 1.165) is 19.8 Å². The fourth-order valence-corrected chi connectivity index (χ4v) is 3.14. The number of benzene rings is 3. The van der Waals surface area contributed by atoms with Crippen LogP contribution in [-0.4, -0.2) is 19.8 Å². The Hall–Kier alpha value is -1.90. The highest BCUT2D eigenvalue weighted by Gasteiger charge is 2.18. The van der Waals surface area contributed by atoms with Crippen LogP contribution < -0.4 is 5.32 Å². The molecule has 0 unspecified atom stereocenters. The van der Waals surface area contributed by atoms with E-state index in [9.17, 15) is 0 Å². The zero-order valence-electron chi connectivity index (χ0n) is 11.3. The average molecular weight is 263 g/mol. The Morgan fingerprint density at radius 3 is 2.45 bits per heavy atom. The molecule has 3 aromatic rings. The molecule has 2 heteroatoms. The maximum atomic E-state index is 5.63. The molecule has 0 spiro atoms. The number of morpholine rings is 1. The fraction of sp³-hybridized carbons (Fsp3) is 0.222. The first-order valence-electron chi connectivity index (χ1n) is 7.15. The number of rotatable bonds is 1. The second-order valence-corrected chi connectivity index (χ2v) is 5.31. The molecule has 0 amide bonds. The van der Waals surface area contributed by atoms with Crippen LogP contribution in [0, 0.1) is 0 Å². The van der Waals surface area contributed by atoms with E-state index in [1.54, 1.807) is 0 Å². The summed E-state index contributed by atoms with van der Waals surface area (Å²) < 4.78 is 5.63. The van der Waals surface area contributed by atoms with Gasteiger partial charge in [0.15, 0.2) is 0 Å². The quantitative estimate of drug-likeness (QED) is 0.677. The van der Waals surface area contributed by atoms with E-state index in [-0.39, 0.29) is 0 Å². The molecule has 1 N–H and O–H groups in total. The number of nitrogens with one attached hydrogen (secondary N) is 1. The zero-order chi connectivity index (χ0) is 13.4. The molecule has 0 radical (unpaired) electrons. The number of fused-ring (bicyclic) bond motifs is 3. The molecule has 4 rings (SSSR count). The summed E-state index contributed by atoms with van der Waals surface area (Å²) in [7, 11) is 0. The van der Waals surface area contributed by atoms with E-state index < -0.39 is 0 Å². The van der Waals surface area contributed by atoms with Gasteiger partial charge < -0.3 is 10.1 Å². The molecule has 0 aliphatic carbocycles. The third-order valence-corrected chi connectivity index (χ3v) is 4.10. The molecule has 3 aromatic carbocycles. The van der Waals surface area contributed by atoms with Gasteiger partial charge in [0, 0.05) is 6.54 Å². The van der Waals surface area contributed by atoms with E-state index in [0.29, 0.717) is 6.04 Å². The molecule has 1 atom stereocenters.